The molecule has 0 N–H and O–H groups in total. The summed E-state index contributed by atoms with van der Waals surface area (Å²) in [5.74, 6) is -0.819. The fraction of sp³-hybridized carbons (Fsp3) is 0.926. The van der Waals surface area contributed by atoms with E-state index in [-0.39, 0.29) is 32.0 Å². The van der Waals surface area contributed by atoms with Gasteiger partial charge in [-0.25, -0.2) is 0 Å². The smallest absolute Gasteiger partial charge is 0.306 e. The minimum Gasteiger partial charge on any atom is -0.756 e. The van der Waals surface area contributed by atoms with Crippen LogP contribution in [0.3, 0.4) is 0 Å². The highest BCUT2D eigenvalue weighted by Crippen LogP contribution is 2.38. The Bertz CT molecular complexity index is 1100. The van der Waals surface area contributed by atoms with Crippen molar-refractivity contribution in [3.63, 3.8) is 0 Å². The number of phosphoric acid groups is 1. The van der Waals surface area contributed by atoms with E-state index in [2.05, 4.69) is 26.0 Å². The highest BCUT2D eigenvalue weighted by molar-refractivity contribution is 7.45. The molecule has 380 valence electrons. The maximum atomic E-state index is 12.7. The lowest BCUT2D eigenvalue weighted by Gasteiger charge is -2.28. The predicted octanol–water partition coefficient (Wildman–Crippen LogP) is 15.8. The number of allylic oxidation sites excluding steroid dienone is 2. The van der Waals surface area contributed by atoms with E-state index in [1.54, 1.807) is 0 Å². The third kappa shape index (κ3) is 50.2. The van der Waals surface area contributed by atoms with Crippen molar-refractivity contribution in [3.05, 3.63) is 12.2 Å². The van der Waals surface area contributed by atoms with Gasteiger partial charge in [-0.15, -0.1) is 0 Å². The van der Waals surface area contributed by atoms with E-state index in [0.717, 1.165) is 38.5 Å². The van der Waals surface area contributed by atoms with Gasteiger partial charge in [0.2, 0.25) is 0 Å². The molecule has 0 heterocycles. The van der Waals surface area contributed by atoms with Crippen molar-refractivity contribution in [2.45, 2.75) is 277 Å². The molecule has 10 heteroatoms. The average molecular weight is 928 g/mol. The molecular weight excluding hydrogens is 822 g/mol. The number of esters is 2. The summed E-state index contributed by atoms with van der Waals surface area (Å²) in [4.78, 5) is 37.8. The molecule has 1 unspecified atom stereocenters. The second-order valence-electron chi connectivity index (χ2n) is 20.0. The topological polar surface area (TPSA) is 111 Å². The van der Waals surface area contributed by atoms with Crippen molar-refractivity contribution in [3.8, 4) is 0 Å². The van der Waals surface area contributed by atoms with E-state index in [1.807, 2.05) is 21.1 Å². The summed E-state index contributed by atoms with van der Waals surface area (Å²) >= 11 is 0. The molecular formula is C54H106NO8P. The van der Waals surface area contributed by atoms with Gasteiger partial charge in [0.25, 0.3) is 7.82 Å². The van der Waals surface area contributed by atoms with Crippen molar-refractivity contribution >= 4 is 19.8 Å². The second-order valence-corrected chi connectivity index (χ2v) is 21.4. The zero-order chi connectivity index (χ0) is 47.1. The molecule has 0 aliphatic heterocycles. The predicted molar refractivity (Wildman–Crippen MR) is 268 cm³/mol. The summed E-state index contributed by atoms with van der Waals surface area (Å²) in [5.41, 5.74) is 0. The number of quaternary nitrogens is 1. The molecule has 2 atom stereocenters. The van der Waals surface area contributed by atoms with E-state index >= 15 is 0 Å². The summed E-state index contributed by atoms with van der Waals surface area (Å²) < 4.78 is 34.1. The zero-order valence-corrected chi connectivity index (χ0v) is 43.9. The van der Waals surface area contributed by atoms with Crippen molar-refractivity contribution in [1.29, 1.82) is 0 Å². The van der Waals surface area contributed by atoms with Crippen LogP contribution in [0.5, 0.6) is 0 Å². The molecule has 0 bridgehead atoms. The van der Waals surface area contributed by atoms with Crippen molar-refractivity contribution in [1.82, 2.24) is 0 Å². The molecule has 0 amide bonds. The van der Waals surface area contributed by atoms with Crippen molar-refractivity contribution in [2.24, 2.45) is 0 Å². The number of unbranched alkanes of at least 4 members (excludes halogenated alkanes) is 35. The molecule has 0 radical (unpaired) electrons. The van der Waals surface area contributed by atoms with Crippen LogP contribution in [0.4, 0.5) is 0 Å². The van der Waals surface area contributed by atoms with E-state index in [1.165, 1.54) is 199 Å². The molecule has 0 aromatic carbocycles. The number of hydrogen-bond acceptors (Lipinski definition) is 8. The fourth-order valence-electron chi connectivity index (χ4n) is 8.01. The zero-order valence-electron chi connectivity index (χ0n) is 43.0. The minimum absolute atomic E-state index is 0.0276. The fourth-order valence-corrected chi connectivity index (χ4v) is 8.73. The summed E-state index contributed by atoms with van der Waals surface area (Å²) in [6.07, 6.45) is 52.5. The van der Waals surface area contributed by atoms with Crippen LogP contribution >= 0.6 is 7.82 Å². The Hall–Kier alpha value is -1.25. The standard InChI is InChI=1S/C54H106NO8P/c1-6-8-10-12-14-16-18-20-22-24-25-26-27-28-29-31-32-34-36-38-40-42-44-46-53(56)60-50-52(51-62-64(58,59)61-49-48-55(3,4)5)63-54(57)47-45-43-41-39-37-35-33-30-23-21-19-17-15-13-11-9-7-2/h17,19,52H,6-16,18,20-51H2,1-5H3/b19-17+/t52-/m0/s1. The summed E-state index contributed by atoms with van der Waals surface area (Å²) in [5, 5.41) is 0. The van der Waals surface area contributed by atoms with Crippen molar-refractivity contribution < 1.29 is 42.1 Å². The number of carbonyl (C=O) groups excluding carboxylic acids is 2. The molecule has 64 heavy (non-hydrogen) atoms. The third-order valence-corrected chi connectivity index (χ3v) is 13.2. The average Bonchev–Trinajstić information content (AvgIpc) is 3.25. The molecule has 0 aliphatic carbocycles. The molecule has 0 fully saturated rings. The van der Waals surface area contributed by atoms with Crippen LogP contribution in [-0.4, -0.2) is 70.0 Å². The van der Waals surface area contributed by atoms with Crippen molar-refractivity contribution in [2.75, 3.05) is 47.5 Å². The SMILES string of the molecule is CCCCCC/C=C/CCCCCCCCCCCC(=O)O[C@@H](COC(=O)CCCCCCCCCCCCCCCCCCCCCCCCC)COP(=O)([O-])OCC[N+](C)(C)C. The number of phosphoric ester groups is 1. The van der Waals surface area contributed by atoms with Crippen LogP contribution < -0.4 is 4.89 Å². The molecule has 0 saturated heterocycles. The third-order valence-electron chi connectivity index (χ3n) is 12.3. The number of ether oxygens (including phenoxy) is 2. The number of nitrogens with zero attached hydrogens (tertiary/aromatic N) is 1. The maximum absolute atomic E-state index is 12.7. The van der Waals surface area contributed by atoms with Gasteiger partial charge in [0.05, 0.1) is 27.7 Å². The van der Waals surface area contributed by atoms with Crippen LogP contribution in [0.2, 0.25) is 0 Å². The lowest BCUT2D eigenvalue weighted by molar-refractivity contribution is -0.870. The first kappa shape index (κ1) is 62.8. The second kappa shape index (κ2) is 46.8. The maximum Gasteiger partial charge on any atom is 0.306 e. The first-order valence-corrected chi connectivity index (χ1v) is 28.9. The molecule has 9 nitrogen and oxygen atoms in total. The van der Waals surface area contributed by atoms with Gasteiger partial charge in [0, 0.05) is 12.8 Å². The molecule has 0 rings (SSSR count). The Kier molecular flexibility index (Phi) is 45.9. The van der Waals surface area contributed by atoms with Gasteiger partial charge >= 0.3 is 11.9 Å². The van der Waals surface area contributed by atoms with Crippen LogP contribution in [0.25, 0.3) is 0 Å². The van der Waals surface area contributed by atoms with Crippen LogP contribution in [-0.2, 0) is 32.7 Å². The Morgan fingerprint density at radius 1 is 0.469 bits per heavy atom. The van der Waals surface area contributed by atoms with E-state index in [0.29, 0.717) is 17.4 Å². The normalized spacial score (nSPS) is 13.4. The van der Waals surface area contributed by atoms with Gasteiger partial charge < -0.3 is 27.9 Å². The molecule has 0 saturated carbocycles. The Morgan fingerprint density at radius 3 is 1.17 bits per heavy atom. The van der Waals surface area contributed by atoms with E-state index in [9.17, 15) is 19.0 Å². The number of rotatable bonds is 51. The summed E-state index contributed by atoms with van der Waals surface area (Å²) in [6, 6.07) is 0. The van der Waals surface area contributed by atoms with Crippen LogP contribution in [0.15, 0.2) is 12.2 Å². The Labute approximate surface area is 396 Å². The molecule has 0 aromatic heterocycles. The van der Waals surface area contributed by atoms with Gasteiger partial charge in [0.1, 0.15) is 19.8 Å². The Balaban J connectivity index is 4.14. The minimum atomic E-state index is -4.63. The number of hydrogen-bond donors (Lipinski definition) is 0. The quantitative estimate of drug-likeness (QED) is 0.0195. The lowest BCUT2D eigenvalue weighted by atomic mass is 10.0. The lowest BCUT2D eigenvalue weighted by Crippen LogP contribution is -2.37. The van der Waals surface area contributed by atoms with Crippen LogP contribution in [0.1, 0.15) is 271 Å². The number of likely N-dealkylation sites (N-methyl/N-ethyl adjacent to an activating group) is 1. The van der Waals surface area contributed by atoms with Gasteiger partial charge in [-0.05, 0) is 38.5 Å². The first-order valence-electron chi connectivity index (χ1n) is 27.4. The molecule has 0 aromatic rings. The van der Waals surface area contributed by atoms with Gasteiger partial charge in [-0.1, -0.05) is 231 Å². The monoisotopic (exact) mass is 928 g/mol. The summed E-state index contributed by atoms with van der Waals surface area (Å²) in [7, 11) is 1.18. The number of carbonyl (C=O) groups is 2. The van der Waals surface area contributed by atoms with E-state index < -0.39 is 26.5 Å². The largest absolute Gasteiger partial charge is 0.756 e. The van der Waals surface area contributed by atoms with Gasteiger partial charge in [-0.3, -0.25) is 14.2 Å². The molecule has 0 spiro atoms. The highest BCUT2D eigenvalue weighted by atomic mass is 31.2. The van der Waals surface area contributed by atoms with Crippen LogP contribution in [0, 0.1) is 0 Å². The Morgan fingerprint density at radius 2 is 0.797 bits per heavy atom. The first-order chi connectivity index (χ1) is 31.0. The van der Waals surface area contributed by atoms with E-state index in [4.69, 9.17) is 18.5 Å². The van der Waals surface area contributed by atoms with Gasteiger partial charge in [-0.2, -0.15) is 0 Å². The summed E-state index contributed by atoms with van der Waals surface area (Å²) in [6.45, 7) is 4.27. The highest BCUT2D eigenvalue weighted by Gasteiger charge is 2.21. The molecule has 0 aliphatic rings. The van der Waals surface area contributed by atoms with Gasteiger partial charge in [0.15, 0.2) is 6.10 Å².